The van der Waals surface area contributed by atoms with Crippen molar-refractivity contribution in [1.82, 2.24) is 4.72 Å². The molecule has 0 saturated carbocycles. The Balaban J connectivity index is 2.20. The number of hydrogen-bond donors (Lipinski definition) is 3. The third kappa shape index (κ3) is 12.8. The molecule has 0 aliphatic carbocycles. The number of nitrogens with one attached hydrogen (secondary N) is 1. The quantitative estimate of drug-likeness (QED) is 0.152. The Hall–Kier alpha value is -1.53. The zero-order valence-corrected chi connectivity index (χ0v) is 21.1. The van der Waals surface area contributed by atoms with Gasteiger partial charge in [0.25, 0.3) is 0 Å². The van der Waals surface area contributed by atoms with Crippen molar-refractivity contribution >= 4 is 22.0 Å². The van der Waals surface area contributed by atoms with Crippen LogP contribution in [0.15, 0.2) is 12.2 Å². The first kappa shape index (κ1) is 30.5. The van der Waals surface area contributed by atoms with Crippen LogP contribution in [0.4, 0.5) is 0 Å². The molecule has 0 unspecified atom stereocenters. The second kappa shape index (κ2) is 17.0. The highest BCUT2D eigenvalue weighted by molar-refractivity contribution is 7.89. The SMILES string of the molecule is CCCCS(=O)(=O)N[C@H]1CO[C@@H](C/C=C/C(=O)OCCCCCCCCC(=O)OC)[C@H](O)[C@@H]1O. The smallest absolute Gasteiger partial charge is 0.330 e. The fourth-order valence-electron chi connectivity index (χ4n) is 3.52. The highest BCUT2D eigenvalue weighted by atomic mass is 32.2. The van der Waals surface area contributed by atoms with E-state index in [4.69, 9.17) is 9.47 Å². The van der Waals surface area contributed by atoms with Crippen LogP contribution in [0.5, 0.6) is 0 Å². The number of aliphatic hydroxyl groups excluding tert-OH is 2. The number of rotatable bonds is 17. The first-order valence-electron chi connectivity index (χ1n) is 12.1. The number of esters is 2. The van der Waals surface area contributed by atoms with Crippen molar-refractivity contribution in [1.29, 1.82) is 0 Å². The van der Waals surface area contributed by atoms with Crippen LogP contribution in [-0.4, -0.2) is 81.0 Å². The molecule has 0 aromatic rings. The lowest BCUT2D eigenvalue weighted by Crippen LogP contribution is -2.59. The maximum atomic E-state index is 12.0. The van der Waals surface area contributed by atoms with Crippen LogP contribution < -0.4 is 4.72 Å². The van der Waals surface area contributed by atoms with E-state index in [0.717, 1.165) is 44.9 Å². The molecule has 1 rings (SSSR count). The maximum Gasteiger partial charge on any atom is 0.330 e. The number of aliphatic hydroxyl groups is 2. The second-order valence-electron chi connectivity index (χ2n) is 8.50. The van der Waals surface area contributed by atoms with Gasteiger partial charge in [0.1, 0.15) is 12.2 Å². The molecule has 3 N–H and O–H groups in total. The van der Waals surface area contributed by atoms with Crippen LogP contribution in [0.3, 0.4) is 0 Å². The number of hydrogen-bond acceptors (Lipinski definition) is 9. The van der Waals surface area contributed by atoms with Crippen molar-refractivity contribution in [3.63, 3.8) is 0 Å². The largest absolute Gasteiger partial charge is 0.469 e. The van der Waals surface area contributed by atoms with E-state index in [1.165, 1.54) is 19.3 Å². The van der Waals surface area contributed by atoms with Gasteiger partial charge < -0.3 is 24.4 Å². The van der Waals surface area contributed by atoms with E-state index in [1.54, 1.807) is 0 Å². The fourth-order valence-corrected chi connectivity index (χ4v) is 4.97. The first-order chi connectivity index (χ1) is 16.2. The van der Waals surface area contributed by atoms with Crippen LogP contribution in [0.25, 0.3) is 0 Å². The van der Waals surface area contributed by atoms with Gasteiger partial charge in [-0.2, -0.15) is 0 Å². The molecule has 0 spiro atoms. The summed E-state index contributed by atoms with van der Waals surface area (Å²) >= 11 is 0. The van der Waals surface area contributed by atoms with Gasteiger partial charge in [0.15, 0.2) is 0 Å². The molecule has 1 saturated heterocycles. The molecule has 0 aromatic carbocycles. The van der Waals surface area contributed by atoms with Gasteiger partial charge in [-0.15, -0.1) is 0 Å². The van der Waals surface area contributed by atoms with Gasteiger partial charge in [-0.25, -0.2) is 17.9 Å². The van der Waals surface area contributed by atoms with Gasteiger partial charge in [0.2, 0.25) is 10.0 Å². The Morgan fingerprint density at radius 1 is 1.06 bits per heavy atom. The monoisotopic (exact) mass is 507 g/mol. The van der Waals surface area contributed by atoms with Crippen molar-refractivity contribution in [2.24, 2.45) is 0 Å². The minimum Gasteiger partial charge on any atom is -0.469 e. The van der Waals surface area contributed by atoms with E-state index in [0.29, 0.717) is 19.4 Å². The summed E-state index contributed by atoms with van der Waals surface area (Å²) in [6, 6.07) is -0.921. The van der Waals surface area contributed by atoms with Crippen LogP contribution in [0.1, 0.15) is 71.1 Å². The summed E-state index contributed by atoms with van der Waals surface area (Å²) in [4.78, 5) is 22.8. The predicted octanol–water partition coefficient (Wildman–Crippen LogP) is 1.59. The number of carbonyl (C=O) groups excluding carboxylic acids is 2. The van der Waals surface area contributed by atoms with Gasteiger partial charge in [0, 0.05) is 12.5 Å². The molecule has 0 radical (unpaired) electrons. The molecule has 1 heterocycles. The summed E-state index contributed by atoms with van der Waals surface area (Å²) in [5, 5.41) is 20.6. The summed E-state index contributed by atoms with van der Waals surface area (Å²) in [6.45, 7) is 2.12. The minimum absolute atomic E-state index is 0.0475. The van der Waals surface area contributed by atoms with E-state index < -0.39 is 40.3 Å². The molecule has 1 aliphatic heterocycles. The highest BCUT2D eigenvalue weighted by Gasteiger charge is 2.39. The van der Waals surface area contributed by atoms with E-state index in [-0.39, 0.29) is 24.7 Å². The Morgan fingerprint density at radius 2 is 1.74 bits per heavy atom. The number of carbonyl (C=O) groups is 2. The van der Waals surface area contributed by atoms with Crippen LogP contribution in [0, 0.1) is 0 Å². The molecule has 0 aromatic heterocycles. The minimum atomic E-state index is -3.56. The Bertz CT molecular complexity index is 726. The predicted molar refractivity (Wildman–Crippen MR) is 126 cm³/mol. The first-order valence-corrected chi connectivity index (χ1v) is 13.7. The number of methoxy groups -OCH3 is 1. The molecule has 198 valence electrons. The molecular formula is C23H41NO9S. The van der Waals surface area contributed by atoms with Gasteiger partial charge in [-0.1, -0.05) is 45.1 Å². The highest BCUT2D eigenvalue weighted by Crippen LogP contribution is 2.19. The summed E-state index contributed by atoms with van der Waals surface area (Å²) in [5.74, 6) is -0.727. The Morgan fingerprint density at radius 3 is 2.41 bits per heavy atom. The average Bonchev–Trinajstić information content (AvgIpc) is 2.80. The van der Waals surface area contributed by atoms with Gasteiger partial charge in [0.05, 0.1) is 38.2 Å². The van der Waals surface area contributed by atoms with Crippen molar-refractivity contribution < 1.29 is 42.4 Å². The fraction of sp³-hybridized carbons (Fsp3) is 0.826. The summed E-state index contributed by atoms with van der Waals surface area (Å²) < 4.78 is 41.7. The molecule has 0 bridgehead atoms. The Kier molecular flexibility index (Phi) is 15.2. The Labute approximate surface area is 203 Å². The van der Waals surface area contributed by atoms with Crippen molar-refractivity contribution in [2.75, 3.05) is 26.1 Å². The number of ether oxygens (including phenoxy) is 3. The standard InChI is InChI=1S/C23H41NO9S/c1-3-4-16-34(29,30)24-18-17-33-19(23(28)22(18)27)12-11-14-21(26)32-15-10-8-6-5-7-9-13-20(25)31-2/h11,14,18-19,22-24,27-28H,3-10,12-13,15-17H2,1-2H3/b14-11+/t18-,19-,22+,23-/m0/s1. The zero-order chi connectivity index (χ0) is 25.4. The van der Waals surface area contributed by atoms with E-state index >= 15 is 0 Å². The van der Waals surface area contributed by atoms with Crippen LogP contribution in [0.2, 0.25) is 0 Å². The van der Waals surface area contributed by atoms with Gasteiger partial charge in [-0.05, 0) is 25.7 Å². The molecule has 1 fully saturated rings. The lowest BCUT2D eigenvalue weighted by Gasteiger charge is -2.37. The lowest BCUT2D eigenvalue weighted by molar-refractivity contribution is -0.145. The van der Waals surface area contributed by atoms with Crippen molar-refractivity contribution in [3.05, 3.63) is 12.2 Å². The van der Waals surface area contributed by atoms with E-state index in [9.17, 15) is 28.2 Å². The average molecular weight is 508 g/mol. The maximum absolute atomic E-state index is 12.0. The van der Waals surface area contributed by atoms with Crippen molar-refractivity contribution in [2.45, 2.75) is 95.5 Å². The topological polar surface area (TPSA) is 148 Å². The lowest BCUT2D eigenvalue weighted by atomic mass is 9.96. The van der Waals surface area contributed by atoms with Gasteiger partial charge >= 0.3 is 11.9 Å². The molecule has 34 heavy (non-hydrogen) atoms. The molecule has 11 heteroatoms. The summed E-state index contributed by atoms with van der Waals surface area (Å²) in [6.07, 6.45) is 6.75. The van der Waals surface area contributed by atoms with E-state index in [1.807, 2.05) is 6.92 Å². The zero-order valence-electron chi connectivity index (χ0n) is 20.3. The number of sulfonamides is 1. The van der Waals surface area contributed by atoms with E-state index in [2.05, 4.69) is 9.46 Å². The normalized spacial score (nSPS) is 23.2. The molecule has 10 nitrogen and oxygen atoms in total. The molecule has 1 aliphatic rings. The molecule has 0 amide bonds. The molecular weight excluding hydrogens is 466 g/mol. The van der Waals surface area contributed by atoms with Crippen LogP contribution >= 0.6 is 0 Å². The third-order valence-electron chi connectivity index (χ3n) is 5.60. The third-order valence-corrected chi connectivity index (χ3v) is 7.09. The van der Waals surface area contributed by atoms with Gasteiger partial charge in [-0.3, -0.25) is 4.79 Å². The summed E-state index contributed by atoms with van der Waals surface area (Å²) in [7, 11) is -2.18. The van der Waals surface area contributed by atoms with Crippen molar-refractivity contribution in [3.8, 4) is 0 Å². The van der Waals surface area contributed by atoms with Crippen LogP contribution in [-0.2, 0) is 33.8 Å². The number of unbranched alkanes of at least 4 members (excludes halogenated alkanes) is 6. The summed E-state index contributed by atoms with van der Waals surface area (Å²) in [5.41, 5.74) is 0. The second-order valence-corrected chi connectivity index (χ2v) is 10.4. The molecule has 4 atom stereocenters.